The number of halogens is 2. The van der Waals surface area contributed by atoms with E-state index in [9.17, 15) is 9.59 Å². The Labute approximate surface area is 174 Å². The molecule has 28 heavy (non-hydrogen) atoms. The van der Waals surface area contributed by atoms with Gasteiger partial charge in [0.2, 0.25) is 0 Å². The van der Waals surface area contributed by atoms with Crippen LogP contribution >= 0.6 is 23.2 Å². The van der Waals surface area contributed by atoms with Crippen molar-refractivity contribution in [1.82, 2.24) is 4.90 Å². The van der Waals surface area contributed by atoms with E-state index in [0.29, 0.717) is 59.3 Å². The molecule has 2 aliphatic heterocycles. The second-order valence-electron chi connectivity index (χ2n) is 7.76. The van der Waals surface area contributed by atoms with E-state index >= 15 is 0 Å². The van der Waals surface area contributed by atoms with Gasteiger partial charge in [-0.05, 0) is 49.2 Å². The van der Waals surface area contributed by atoms with Gasteiger partial charge in [-0.3, -0.25) is 9.59 Å². The van der Waals surface area contributed by atoms with Crippen LogP contribution in [0.15, 0.2) is 30.3 Å². The van der Waals surface area contributed by atoms with Crippen molar-refractivity contribution in [2.45, 2.75) is 38.7 Å². The summed E-state index contributed by atoms with van der Waals surface area (Å²) in [7, 11) is 0. The monoisotopic (exact) mass is 417 g/mol. The lowest BCUT2D eigenvalue weighted by Crippen LogP contribution is -2.52. The fraction of sp³-hybridized carbons (Fsp3) is 0.364. The molecule has 0 aliphatic carbocycles. The van der Waals surface area contributed by atoms with Crippen LogP contribution in [0.1, 0.15) is 51.1 Å². The topological polar surface area (TPSA) is 46.6 Å². The van der Waals surface area contributed by atoms with Gasteiger partial charge in [-0.25, -0.2) is 0 Å². The minimum absolute atomic E-state index is 0.0808. The number of ether oxygens (including phenoxy) is 1. The Kier molecular flexibility index (Phi) is 4.88. The first kappa shape index (κ1) is 19.3. The van der Waals surface area contributed by atoms with E-state index in [2.05, 4.69) is 0 Å². The third-order valence-corrected chi connectivity index (χ3v) is 6.39. The molecule has 0 radical (unpaired) electrons. The van der Waals surface area contributed by atoms with E-state index in [1.54, 1.807) is 23.1 Å². The van der Waals surface area contributed by atoms with Gasteiger partial charge < -0.3 is 9.64 Å². The largest absolute Gasteiger partial charge is 0.486 e. The minimum atomic E-state index is -0.529. The molecular weight excluding hydrogens is 397 g/mol. The SMILES string of the molecule is Cc1cc(C)c2c(c1)C(=O)CC1(CCN(C(=O)c3ccc(Cl)c(Cl)c3)CC1)O2. The van der Waals surface area contributed by atoms with Crippen LogP contribution in [0.4, 0.5) is 0 Å². The number of ketones is 1. The standard InChI is InChI=1S/C22H21Cl2NO3/c1-13-9-14(2)20-16(10-13)19(26)12-22(28-20)5-7-25(8-6-22)21(27)15-3-4-17(23)18(24)11-15/h3-4,9-11H,5-8,12H2,1-2H3. The van der Waals surface area contributed by atoms with Gasteiger partial charge in [0.25, 0.3) is 5.91 Å². The number of likely N-dealkylation sites (tertiary alicyclic amines) is 1. The van der Waals surface area contributed by atoms with Crippen LogP contribution in [0.5, 0.6) is 5.75 Å². The molecule has 2 aromatic rings. The molecule has 1 spiro atoms. The first-order chi connectivity index (χ1) is 13.3. The maximum atomic E-state index is 12.8. The average molecular weight is 418 g/mol. The van der Waals surface area contributed by atoms with Gasteiger partial charge in [-0.2, -0.15) is 0 Å². The highest BCUT2D eigenvalue weighted by molar-refractivity contribution is 6.42. The normalized spacial score (nSPS) is 18.0. The first-order valence-electron chi connectivity index (χ1n) is 9.36. The third-order valence-electron chi connectivity index (χ3n) is 5.65. The highest BCUT2D eigenvalue weighted by Crippen LogP contribution is 2.41. The van der Waals surface area contributed by atoms with Gasteiger partial charge in [-0.15, -0.1) is 0 Å². The van der Waals surface area contributed by atoms with Crippen LogP contribution in [0.2, 0.25) is 10.0 Å². The van der Waals surface area contributed by atoms with Gasteiger partial charge in [0.1, 0.15) is 11.4 Å². The Hall–Kier alpha value is -2.04. The fourth-order valence-electron chi connectivity index (χ4n) is 4.15. The summed E-state index contributed by atoms with van der Waals surface area (Å²) in [4.78, 5) is 27.4. The zero-order valence-corrected chi connectivity index (χ0v) is 17.4. The molecule has 1 fully saturated rings. The zero-order valence-electron chi connectivity index (χ0n) is 15.9. The number of benzene rings is 2. The quantitative estimate of drug-likeness (QED) is 0.636. The molecule has 0 N–H and O–H groups in total. The molecule has 2 heterocycles. The van der Waals surface area contributed by atoms with Crippen molar-refractivity contribution < 1.29 is 14.3 Å². The zero-order chi connectivity index (χ0) is 20.1. The lowest BCUT2D eigenvalue weighted by atomic mass is 9.81. The van der Waals surface area contributed by atoms with Crippen molar-refractivity contribution in [2.24, 2.45) is 0 Å². The smallest absolute Gasteiger partial charge is 0.253 e. The number of hydrogen-bond acceptors (Lipinski definition) is 3. The van der Waals surface area contributed by atoms with Crippen LogP contribution in [0, 0.1) is 13.8 Å². The number of piperidine rings is 1. The summed E-state index contributed by atoms with van der Waals surface area (Å²) in [5, 5.41) is 0.791. The summed E-state index contributed by atoms with van der Waals surface area (Å²) in [6.45, 7) is 5.03. The summed E-state index contributed by atoms with van der Waals surface area (Å²) in [5.74, 6) is 0.742. The number of carbonyl (C=O) groups excluding carboxylic acids is 2. The van der Waals surface area contributed by atoms with Crippen molar-refractivity contribution in [3.05, 3.63) is 62.6 Å². The van der Waals surface area contributed by atoms with Crippen molar-refractivity contribution in [3.63, 3.8) is 0 Å². The predicted molar refractivity (Wildman–Crippen MR) is 110 cm³/mol. The summed E-state index contributed by atoms with van der Waals surface area (Å²) < 4.78 is 6.39. The number of carbonyl (C=O) groups is 2. The van der Waals surface area contributed by atoms with Crippen molar-refractivity contribution in [3.8, 4) is 5.75 Å². The lowest BCUT2D eigenvalue weighted by molar-refractivity contribution is -0.00619. The van der Waals surface area contributed by atoms with Crippen LogP contribution < -0.4 is 4.74 Å². The molecule has 0 atom stereocenters. The Morgan fingerprint density at radius 2 is 1.79 bits per heavy atom. The maximum absolute atomic E-state index is 12.8. The minimum Gasteiger partial charge on any atom is -0.486 e. The molecule has 0 saturated carbocycles. The number of nitrogens with zero attached hydrogens (tertiary/aromatic N) is 1. The third kappa shape index (κ3) is 3.40. The summed E-state index contributed by atoms with van der Waals surface area (Å²) in [6, 6.07) is 8.85. The summed E-state index contributed by atoms with van der Waals surface area (Å²) in [6.07, 6.45) is 1.61. The Balaban J connectivity index is 1.51. The Bertz CT molecular complexity index is 978. The molecule has 6 heteroatoms. The number of Topliss-reactive ketones (excluding diaryl/α,β-unsaturated/α-hetero) is 1. The van der Waals surface area contributed by atoms with Gasteiger partial charge in [0.15, 0.2) is 5.78 Å². The summed E-state index contributed by atoms with van der Waals surface area (Å²) in [5.41, 5.74) is 2.71. The highest BCUT2D eigenvalue weighted by atomic mass is 35.5. The molecule has 4 nitrogen and oxygen atoms in total. The van der Waals surface area contributed by atoms with E-state index in [-0.39, 0.29) is 11.7 Å². The number of amides is 1. The lowest BCUT2D eigenvalue weighted by Gasteiger charge is -2.44. The Morgan fingerprint density at radius 3 is 2.46 bits per heavy atom. The van der Waals surface area contributed by atoms with E-state index in [0.717, 1.165) is 11.1 Å². The number of aryl methyl sites for hydroxylation is 2. The second kappa shape index (κ2) is 7.09. The van der Waals surface area contributed by atoms with Crippen molar-refractivity contribution in [2.75, 3.05) is 13.1 Å². The molecule has 1 saturated heterocycles. The highest BCUT2D eigenvalue weighted by Gasteiger charge is 2.44. The average Bonchev–Trinajstić information content (AvgIpc) is 2.65. The van der Waals surface area contributed by atoms with Gasteiger partial charge in [0.05, 0.1) is 22.0 Å². The van der Waals surface area contributed by atoms with Gasteiger partial charge in [-0.1, -0.05) is 29.3 Å². The predicted octanol–water partition coefficient (Wildman–Crippen LogP) is 5.25. The molecule has 4 rings (SSSR count). The van der Waals surface area contributed by atoms with Gasteiger partial charge in [0, 0.05) is 31.5 Å². The Morgan fingerprint density at radius 1 is 1.07 bits per heavy atom. The molecule has 0 bridgehead atoms. The molecule has 146 valence electrons. The number of rotatable bonds is 1. The number of fused-ring (bicyclic) bond motifs is 1. The van der Waals surface area contributed by atoms with E-state index < -0.39 is 5.60 Å². The van der Waals surface area contributed by atoms with Crippen LogP contribution in [0.25, 0.3) is 0 Å². The maximum Gasteiger partial charge on any atom is 0.253 e. The van der Waals surface area contributed by atoms with Crippen LogP contribution in [0.3, 0.4) is 0 Å². The van der Waals surface area contributed by atoms with Gasteiger partial charge >= 0.3 is 0 Å². The first-order valence-corrected chi connectivity index (χ1v) is 10.1. The molecule has 1 amide bonds. The number of hydrogen-bond donors (Lipinski definition) is 0. The van der Waals surface area contributed by atoms with E-state index in [1.807, 2.05) is 26.0 Å². The van der Waals surface area contributed by atoms with Crippen molar-refractivity contribution in [1.29, 1.82) is 0 Å². The summed E-state index contributed by atoms with van der Waals surface area (Å²) >= 11 is 12.0. The second-order valence-corrected chi connectivity index (χ2v) is 8.58. The molecule has 0 unspecified atom stereocenters. The molecule has 0 aromatic heterocycles. The molecular formula is C22H21Cl2NO3. The molecule has 2 aliphatic rings. The van der Waals surface area contributed by atoms with Crippen molar-refractivity contribution >= 4 is 34.9 Å². The van der Waals surface area contributed by atoms with E-state index in [4.69, 9.17) is 27.9 Å². The molecule has 2 aromatic carbocycles. The van der Waals surface area contributed by atoms with Crippen LogP contribution in [-0.2, 0) is 0 Å². The van der Waals surface area contributed by atoms with Crippen LogP contribution in [-0.4, -0.2) is 35.3 Å². The van der Waals surface area contributed by atoms with E-state index in [1.165, 1.54) is 0 Å². The fourth-order valence-corrected chi connectivity index (χ4v) is 4.44.